The lowest BCUT2D eigenvalue weighted by Gasteiger charge is -2.13. The Morgan fingerprint density at radius 3 is 1.38 bits per heavy atom. The van der Waals surface area contributed by atoms with Crippen LogP contribution in [0.4, 0.5) is 0 Å². The van der Waals surface area contributed by atoms with Crippen molar-refractivity contribution in [3.8, 4) is 0 Å². The van der Waals surface area contributed by atoms with Crippen LogP contribution in [0.2, 0.25) is 0 Å². The standard InChI is InChI=1S/C6H14O2/c1-5(3-7)6(2)4-8/h5-8H,3-4H2,1-2H3. The molecule has 0 saturated heterocycles. The Hall–Kier alpha value is -0.0800. The van der Waals surface area contributed by atoms with Crippen molar-refractivity contribution < 1.29 is 10.2 Å². The normalized spacial score (nSPS) is 18.0. The predicted molar refractivity (Wildman–Crippen MR) is 32.5 cm³/mol. The maximum atomic E-state index is 8.53. The van der Waals surface area contributed by atoms with Gasteiger partial charge in [0.25, 0.3) is 0 Å². The molecule has 2 unspecified atom stereocenters. The Kier molecular flexibility index (Phi) is 3.83. The Bertz CT molecular complexity index is 46.5. The third kappa shape index (κ3) is 2.28. The van der Waals surface area contributed by atoms with Gasteiger partial charge in [0.15, 0.2) is 0 Å². The lowest BCUT2D eigenvalue weighted by molar-refractivity contribution is 0.141. The first kappa shape index (κ1) is 7.92. The van der Waals surface area contributed by atoms with Gasteiger partial charge in [-0.15, -0.1) is 0 Å². The summed E-state index contributed by atoms with van der Waals surface area (Å²) in [5.74, 6) is 0.444. The van der Waals surface area contributed by atoms with Gasteiger partial charge in [-0.25, -0.2) is 0 Å². The van der Waals surface area contributed by atoms with Gasteiger partial charge < -0.3 is 10.2 Å². The first-order valence-corrected chi connectivity index (χ1v) is 2.94. The summed E-state index contributed by atoms with van der Waals surface area (Å²) in [5.41, 5.74) is 0. The monoisotopic (exact) mass is 118 g/mol. The van der Waals surface area contributed by atoms with E-state index in [2.05, 4.69) is 0 Å². The number of aliphatic hydroxyl groups excluding tert-OH is 2. The zero-order valence-electron chi connectivity index (χ0n) is 5.46. The van der Waals surface area contributed by atoms with E-state index in [4.69, 9.17) is 10.2 Å². The molecule has 0 amide bonds. The highest BCUT2D eigenvalue weighted by atomic mass is 16.3. The molecule has 2 nitrogen and oxygen atoms in total. The quantitative estimate of drug-likeness (QED) is 0.557. The molecule has 0 aliphatic rings. The fourth-order valence-corrected chi connectivity index (χ4v) is 0.360. The molecule has 0 fully saturated rings. The molecule has 0 aliphatic heterocycles. The highest BCUT2D eigenvalue weighted by molar-refractivity contribution is 4.57. The van der Waals surface area contributed by atoms with Crippen LogP contribution >= 0.6 is 0 Å². The second kappa shape index (κ2) is 3.87. The van der Waals surface area contributed by atoms with Crippen molar-refractivity contribution in [1.29, 1.82) is 0 Å². The summed E-state index contributed by atoms with van der Waals surface area (Å²) in [6, 6.07) is 0. The molecule has 0 aliphatic carbocycles. The molecule has 0 aromatic rings. The van der Waals surface area contributed by atoms with Gasteiger partial charge in [-0.2, -0.15) is 0 Å². The fourth-order valence-electron chi connectivity index (χ4n) is 0.360. The molecule has 0 spiro atoms. The Morgan fingerprint density at radius 2 is 1.25 bits per heavy atom. The summed E-state index contributed by atoms with van der Waals surface area (Å²) in [6.07, 6.45) is 0. The van der Waals surface area contributed by atoms with Crippen LogP contribution < -0.4 is 0 Å². The van der Waals surface area contributed by atoms with Crippen molar-refractivity contribution in [2.75, 3.05) is 13.2 Å². The van der Waals surface area contributed by atoms with Crippen molar-refractivity contribution in [2.24, 2.45) is 11.8 Å². The molecule has 0 aromatic heterocycles. The minimum Gasteiger partial charge on any atom is -0.396 e. The second-order valence-corrected chi connectivity index (χ2v) is 2.32. The summed E-state index contributed by atoms with van der Waals surface area (Å²) >= 11 is 0. The molecular formula is C6H14O2. The summed E-state index contributed by atoms with van der Waals surface area (Å²) in [5, 5.41) is 17.1. The van der Waals surface area contributed by atoms with E-state index in [1.54, 1.807) is 0 Å². The molecule has 8 heavy (non-hydrogen) atoms. The van der Waals surface area contributed by atoms with Gasteiger partial charge in [-0.3, -0.25) is 0 Å². The molecule has 0 aromatic carbocycles. The van der Waals surface area contributed by atoms with Crippen molar-refractivity contribution in [2.45, 2.75) is 13.8 Å². The van der Waals surface area contributed by atoms with Gasteiger partial charge in [0.2, 0.25) is 0 Å². The Balaban J connectivity index is 3.29. The minimum absolute atomic E-state index is 0.168. The minimum atomic E-state index is 0.168. The molecule has 50 valence electrons. The van der Waals surface area contributed by atoms with E-state index in [1.165, 1.54) is 0 Å². The molecule has 2 heteroatoms. The van der Waals surface area contributed by atoms with Gasteiger partial charge in [-0.1, -0.05) is 13.8 Å². The lowest BCUT2D eigenvalue weighted by Crippen LogP contribution is -2.15. The van der Waals surface area contributed by atoms with Crippen LogP contribution in [-0.4, -0.2) is 23.4 Å². The van der Waals surface area contributed by atoms with Crippen molar-refractivity contribution in [1.82, 2.24) is 0 Å². The summed E-state index contributed by atoms with van der Waals surface area (Å²) in [4.78, 5) is 0. The maximum Gasteiger partial charge on any atom is 0.0460 e. The van der Waals surface area contributed by atoms with Crippen LogP contribution in [0.25, 0.3) is 0 Å². The van der Waals surface area contributed by atoms with E-state index < -0.39 is 0 Å². The number of aliphatic hydroxyl groups is 2. The molecule has 0 saturated carbocycles. The molecule has 0 rings (SSSR count). The van der Waals surface area contributed by atoms with Gasteiger partial charge in [-0.05, 0) is 11.8 Å². The van der Waals surface area contributed by atoms with E-state index in [0.717, 1.165) is 0 Å². The average Bonchev–Trinajstić information content (AvgIpc) is 1.84. The number of hydrogen-bond donors (Lipinski definition) is 2. The van der Waals surface area contributed by atoms with E-state index in [9.17, 15) is 0 Å². The van der Waals surface area contributed by atoms with Crippen LogP contribution in [-0.2, 0) is 0 Å². The Labute approximate surface area is 50.2 Å². The highest BCUT2D eigenvalue weighted by Gasteiger charge is 2.07. The van der Waals surface area contributed by atoms with Crippen LogP contribution in [0.3, 0.4) is 0 Å². The molecule has 2 N–H and O–H groups in total. The SMILES string of the molecule is CC(CO)C(C)CO. The Morgan fingerprint density at radius 1 is 1.00 bits per heavy atom. The molecule has 0 bridgehead atoms. The van der Waals surface area contributed by atoms with E-state index in [-0.39, 0.29) is 25.0 Å². The zero-order valence-corrected chi connectivity index (χ0v) is 5.46. The van der Waals surface area contributed by atoms with Crippen molar-refractivity contribution >= 4 is 0 Å². The maximum absolute atomic E-state index is 8.53. The summed E-state index contributed by atoms with van der Waals surface area (Å²) in [7, 11) is 0. The first-order chi connectivity index (χ1) is 3.72. The van der Waals surface area contributed by atoms with Crippen molar-refractivity contribution in [3.63, 3.8) is 0 Å². The predicted octanol–water partition coefficient (Wildman–Crippen LogP) is 0.243. The third-order valence-corrected chi connectivity index (χ3v) is 1.55. The van der Waals surface area contributed by atoms with Gasteiger partial charge in [0, 0.05) is 13.2 Å². The van der Waals surface area contributed by atoms with E-state index >= 15 is 0 Å². The fraction of sp³-hybridized carbons (Fsp3) is 1.00. The summed E-state index contributed by atoms with van der Waals surface area (Å²) < 4.78 is 0. The van der Waals surface area contributed by atoms with E-state index in [0.29, 0.717) is 0 Å². The second-order valence-electron chi connectivity index (χ2n) is 2.32. The molecule has 0 heterocycles. The number of hydrogen-bond acceptors (Lipinski definition) is 2. The highest BCUT2D eigenvalue weighted by Crippen LogP contribution is 2.07. The van der Waals surface area contributed by atoms with Gasteiger partial charge >= 0.3 is 0 Å². The largest absolute Gasteiger partial charge is 0.396 e. The van der Waals surface area contributed by atoms with Crippen molar-refractivity contribution in [3.05, 3.63) is 0 Å². The van der Waals surface area contributed by atoms with Gasteiger partial charge in [0.1, 0.15) is 0 Å². The smallest absolute Gasteiger partial charge is 0.0460 e. The third-order valence-electron chi connectivity index (χ3n) is 1.55. The van der Waals surface area contributed by atoms with Gasteiger partial charge in [0.05, 0.1) is 0 Å². The summed E-state index contributed by atoms with van der Waals surface area (Å²) in [6.45, 7) is 4.17. The molecular weight excluding hydrogens is 104 g/mol. The van der Waals surface area contributed by atoms with Crippen LogP contribution in [0.1, 0.15) is 13.8 Å². The van der Waals surface area contributed by atoms with Crippen LogP contribution in [0.15, 0.2) is 0 Å². The lowest BCUT2D eigenvalue weighted by atomic mass is 9.98. The average molecular weight is 118 g/mol. The molecule has 2 atom stereocenters. The van der Waals surface area contributed by atoms with Crippen LogP contribution in [0.5, 0.6) is 0 Å². The number of rotatable bonds is 3. The van der Waals surface area contributed by atoms with Crippen LogP contribution in [0, 0.1) is 11.8 Å². The topological polar surface area (TPSA) is 40.5 Å². The molecule has 0 radical (unpaired) electrons. The zero-order chi connectivity index (χ0) is 6.57. The first-order valence-electron chi connectivity index (χ1n) is 2.94. The van der Waals surface area contributed by atoms with E-state index in [1.807, 2.05) is 13.8 Å².